The van der Waals surface area contributed by atoms with Gasteiger partial charge in [-0.15, -0.1) is 0 Å². The molecule has 0 radical (unpaired) electrons. The number of hydroxylamine groups is 2. The van der Waals surface area contributed by atoms with E-state index in [2.05, 4.69) is 0 Å². The standard InChI is InChI=1S/C5H7NOS/c7-6-4-2-1-3-5(6)8/h2,4,7H,1,3H2. The SMILES string of the molecule is ON1C=CCCC1=S. The Morgan fingerprint density at radius 3 is 2.88 bits per heavy atom. The molecule has 0 unspecified atom stereocenters. The maximum absolute atomic E-state index is 8.78. The molecule has 1 heterocycles. The Kier molecular flexibility index (Phi) is 1.60. The Hall–Kier alpha value is -0.410. The topological polar surface area (TPSA) is 23.5 Å². The van der Waals surface area contributed by atoms with E-state index in [0.717, 1.165) is 17.9 Å². The summed E-state index contributed by atoms with van der Waals surface area (Å²) in [6.45, 7) is 0. The summed E-state index contributed by atoms with van der Waals surface area (Å²) in [6.07, 6.45) is 5.21. The summed E-state index contributed by atoms with van der Waals surface area (Å²) in [7, 11) is 0. The van der Waals surface area contributed by atoms with Crippen LogP contribution in [0.1, 0.15) is 12.8 Å². The average molecular weight is 129 g/mol. The highest BCUT2D eigenvalue weighted by atomic mass is 32.1. The van der Waals surface area contributed by atoms with Crippen molar-refractivity contribution in [3.8, 4) is 0 Å². The number of allylic oxidation sites excluding steroid dienone is 1. The first-order valence-electron chi connectivity index (χ1n) is 2.48. The van der Waals surface area contributed by atoms with E-state index < -0.39 is 0 Å². The normalized spacial score (nSPS) is 19.6. The number of rotatable bonds is 0. The first kappa shape index (κ1) is 5.72. The van der Waals surface area contributed by atoms with Crippen molar-refractivity contribution < 1.29 is 5.21 Å². The molecule has 8 heavy (non-hydrogen) atoms. The van der Waals surface area contributed by atoms with E-state index in [1.54, 1.807) is 6.20 Å². The van der Waals surface area contributed by atoms with Gasteiger partial charge in [0.1, 0.15) is 4.99 Å². The first-order valence-corrected chi connectivity index (χ1v) is 2.89. The van der Waals surface area contributed by atoms with Crippen LogP contribution in [0.3, 0.4) is 0 Å². The van der Waals surface area contributed by atoms with E-state index in [4.69, 9.17) is 17.4 Å². The fraction of sp³-hybridized carbons (Fsp3) is 0.400. The van der Waals surface area contributed by atoms with Crippen LogP contribution in [0.15, 0.2) is 12.3 Å². The van der Waals surface area contributed by atoms with Crippen LogP contribution in [0, 0.1) is 0 Å². The lowest BCUT2D eigenvalue weighted by Crippen LogP contribution is -2.21. The second kappa shape index (κ2) is 2.24. The van der Waals surface area contributed by atoms with Crippen molar-refractivity contribution in [3.63, 3.8) is 0 Å². The van der Waals surface area contributed by atoms with Crippen LogP contribution in [-0.4, -0.2) is 15.3 Å². The van der Waals surface area contributed by atoms with Crippen LogP contribution >= 0.6 is 12.2 Å². The molecule has 3 heteroatoms. The quantitative estimate of drug-likeness (QED) is 0.499. The van der Waals surface area contributed by atoms with Crippen molar-refractivity contribution in [1.29, 1.82) is 0 Å². The maximum atomic E-state index is 8.78. The molecule has 2 nitrogen and oxygen atoms in total. The van der Waals surface area contributed by atoms with Gasteiger partial charge in [0.2, 0.25) is 0 Å². The number of hydrogen-bond donors (Lipinski definition) is 1. The second-order valence-corrected chi connectivity index (χ2v) is 2.13. The highest BCUT2D eigenvalue weighted by Crippen LogP contribution is 2.05. The second-order valence-electron chi connectivity index (χ2n) is 1.66. The van der Waals surface area contributed by atoms with Crippen LogP contribution in [0.25, 0.3) is 0 Å². The molecule has 0 saturated carbocycles. The smallest absolute Gasteiger partial charge is 0.109 e. The lowest BCUT2D eigenvalue weighted by molar-refractivity contribution is 0.0358. The molecule has 0 fully saturated rings. The minimum atomic E-state index is 0.604. The predicted octanol–water partition coefficient (Wildman–Crippen LogP) is 1.31. The molecular formula is C5H7NOS. The van der Waals surface area contributed by atoms with Crippen molar-refractivity contribution in [2.45, 2.75) is 12.8 Å². The fourth-order valence-electron chi connectivity index (χ4n) is 0.579. The third kappa shape index (κ3) is 1.05. The molecule has 0 saturated heterocycles. The molecule has 0 aromatic heterocycles. The lowest BCUT2D eigenvalue weighted by atomic mass is 10.2. The molecule has 1 rings (SSSR count). The molecule has 0 amide bonds. The van der Waals surface area contributed by atoms with Gasteiger partial charge in [-0.25, -0.2) is 5.06 Å². The molecular weight excluding hydrogens is 122 g/mol. The van der Waals surface area contributed by atoms with E-state index in [1.807, 2.05) is 6.08 Å². The van der Waals surface area contributed by atoms with Crippen LogP contribution in [-0.2, 0) is 0 Å². The van der Waals surface area contributed by atoms with Crippen LogP contribution in [0.2, 0.25) is 0 Å². The highest BCUT2D eigenvalue weighted by Gasteiger charge is 2.04. The minimum Gasteiger partial charge on any atom is -0.284 e. The Labute approximate surface area is 53.4 Å². The highest BCUT2D eigenvalue weighted by molar-refractivity contribution is 7.80. The monoisotopic (exact) mass is 129 g/mol. The average Bonchev–Trinajstić information content (AvgIpc) is 1.77. The summed E-state index contributed by atoms with van der Waals surface area (Å²) in [4.78, 5) is 0.604. The number of hydrogen-bond acceptors (Lipinski definition) is 2. The molecule has 44 valence electrons. The minimum absolute atomic E-state index is 0.604. The van der Waals surface area contributed by atoms with Crippen molar-refractivity contribution in [3.05, 3.63) is 12.3 Å². The summed E-state index contributed by atoms with van der Waals surface area (Å²) >= 11 is 4.75. The fourth-order valence-corrected chi connectivity index (χ4v) is 0.758. The largest absolute Gasteiger partial charge is 0.284 e. The Balaban J connectivity index is 2.60. The summed E-state index contributed by atoms with van der Waals surface area (Å²) in [5.74, 6) is 0. The zero-order valence-electron chi connectivity index (χ0n) is 4.37. The van der Waals surface area contributed by atoms with Gasteiger partial charge in [-0.3, -0.25) is 5.21 Å². The molecule has 0 aromatic carbocycles. The van der Waals surface area contributed by atoms with Crippen LogP contribution < -0.4 is 0 Å². The summed E-state index contributed by atoms with van der Waals surface area (Å²) in [6, 6.07) is 0. The maximum Gasteiger partial charge on any atom is 0.109 e. The Bertz CT molecular complexity index is 132. The van der Waals surface area contributed by atoms with Crippen molar-refractivity contribution in [1.82, 2.24) is 5.06 Å². The summed E-state index contributed by atoms with van der Waals surface area (Å²) in [5.41, 5.74) is 0. The third-order valence-corrected chi connectivity index (χ3v) is 1.42. The van der Waals surface area contributed by atoms with Gasteiger partial charge in [-0.05, 0) is 6.42 Å². The third-order valence-electron chi connectivity index (χ3n) is 1.03. The van der Waals surface area contributed by atoms with Gasteiger partial charge < -0.3 is 0 Å². The number of thiocarbonyl (C=S) groups is 1. The van der Waals surface area contributed by atoms with Gasteiger partial charge in [-0.2, -0.15) is 0 Å². The van der Waals surface area contributed by atoms with E-state index in [1.165, 1.54) is 0 Å². The summed E-state index contributed by atoms with van der Waals surface area (Å²) < 4.78 is 0. The van der Waals surface area contributed by atoms with E-state index in [9.17, 15) is 0 Å². The van der Waals surface area contributed by atoms with Crippen molar-refractivity contribution in [2.75, 3.05) is 0 Å². The van der Waals surface area contributed by atoms with Crippen LogP contribution in [0.4, 0.5) is 0 Å². The molecule has 1 aliphatic heterocycles. The lowest BCUT2D eigenvalue weighted by Gasteiger charge is -2.15. The molecule has 0 aromatic rings. The zero-order valence-corrected chi connectivity index (χ0v) is 5.19. The predicted molar refractivity (Wildman–Crippen MR) is 34.6 cm³/mol. The zero-order chi connectivity index (χ0) is 5.98. The van der Waals surface area contributed by atoms with Crippen LogP contribution in [0.5, 0.6) is 0 Å². The van der Waals surface area contributed by atoms with Gasteiger partial charge in [0.05, 0.1) is 0 Å². The van der Waals surface area contributed by atoms with E-state index >= 15 is 0 Å². The Morgan fingerprint density at radius 1 is 1.75 bits per heavy atom. The van der Waals surface area contributed by atoms with E-state index in [0.29, 0.717) is 4.99 Å². The molecule has 0 bridgehead atoms. The number of nitrogens with zero attached hydrogens (tertiary/aromatic N) is 1. The van der Waals surface area contributed by atoms with Crippen molar-refractivity contribution >= 4 is 17.2 Å². The molecule has 1 N–H and O–H groups in total. The molecule has 0 aliphatic carbocycles. The molecule has 0 spiro atoms. The first-order chi connectivity index (χ1) is 3.80. The van der Waals surface area contributed by atoms with E-state index in [-0.39, 0.29) is 0 Å². The molecule has 1 aliphatic rings. The van der Waals surface area contributed by atoms with Gasteiger partial charge in [0.15, 0.2) is 0 Å². The van der Waals surface area contributed by atoms with Gasteiger partial charge in [0.25, 0.3) is 0 Å². The molecule has 0 atom stereocenters. The Morgan fingerprint density at radius 2 is 2.50 bits per heavy atom. The van der Waals surface area contributed by atoms with Gasteiger partial charge >= 0.3 is 0 Å². The summed E-state index contributed by atoms with van der Waals surface area (Å²) in [5, 5.41) is 9.77. The van der Waals surface area contributed by atoms with Crippen molar-refractivity contribution in [2.24, 2.45) is 0 Å². The van der Waals surface area contributed by atoms with Gasteiger partial charge in [-0.1, -0.05) is 18.3 Å². The van der Waals surface area contributed by atoms with Gasteiger partial charge in [0, 0.05) is 12.6 Å².